The third-order valence-electron chi connectivity index (χ3n) is 5.05. The zero-order valence-corrected chi connectivity index (χ0v) is 22.1. The number of carbonyl (C=O) groups excluding carboxylic acids is 4. The molecular weight excluding hydrogens is 514 g/mol. The van der Waals surface area contributed by atoms with E-state index in [0.717, 1.165) is 16.0 Å². The van der Waals surface area contributed by atoms with Gasteiger partial charge in [0.05, 0.1) is 29.4 Å². The number of esters is 1. The lowest BCUT2D eigenvalue weighted by atomic mass is 10.1. The Morgan fingerprint density at radius 1 is 1.08 bits per heavy atom. The van der Waals surface area contributed by atoms with Crippen molar-refractivity contribution < 1.29 is 33.2 Å². The van der Waals surface area contributed by atoms with Gasteiger partial charge in [-0.3, -0.25) is 9.59 Å². The Morgan fingerprint density at radius 3 is 2.45 bits per heavy atom. The zero-order chi connectivity index (χ0) is 27.6. The van der Waals surface area contributed by atoms with Crippen LogP contribution in [0, 0.1) is 6.92 Å². The van der Waals surface area contributed by atoms with Crippen molar-refractivity contribution in [1.29, 1.82) is 0 Å². The highest BCUT2D eigenvalue weighted by Gasteiger charge is 2.26. The van der Waals surface area contributed by atoms with Crippen molar-refractivity contribution in [3.05, 3.63) is 58.3 Å². The van der Waals surface area contributed by atoms with Crippen LogP contribution in [0.15, 0.2) is 41.1 Å². The summed E-state index contributed by atoms with van der Waals surface area (Å²) in [5.41, 5.74) is -0.132. The third-order valence-corrected chi connectivity index (χ3v) is 6.14. The second-order valence-corrected chi connectivity index (χ2v) is 10.1. The van der Waals surface area contributed by atoms with Gasteiger partial charge < -0.3 is 24.6 Å². The van der Waals surface area contributed by atoms with Gasteiger partial charge in [0.15, 0.2) is 5.82 Å². The first kappa shape index (κ1) is 26.5. The van der Waals surface area contributed by atoms with Crippen molar-refractivity contribution in [2.75, 3.05) is 17.2 Å². The van der Waals surface area contributed by atoms with E-state index in [-0.39, 0.29) is 34.1 Å². The average molecular weight is 540 g/mol. The number of nitrogens with zero attached hydrogens (tertiary/aromatic N) is 3. The zero-order valence-electron chi connectivity index (χ0n) is 21.3. The molecule has 0 aliphatic heterocycles. The van der Waals surface area contributed by atoms with Crippen LogP contribution < -0.4 is 10.6 Å². The Bertz CT molecular complexity index is 1540. The molecule has 38 heavy (non-hydrogen) atoms. The summed E-state index contributed by atoms with van der Waals surface area (Å²) >= 11 is 0.984. The number of anilines is 2. The number of benzene rings is 1. The van der Waals surface area contributed by atoms with E-state index in [1.54, 1.807) is 52.8 Å². The minimum Gasteiger partial charge on any atom is -0.456 e. The Kier molecular flexibility index (Phi) is 7.30. The molecule has 0 radical (unpaired) electrons. The Hall–Kier alpha value is -4.52. The van der Waals surface area contributed by atoms with Crippen LogP contribution in [-0.2, 0) is 9.47 Å². The van der Waals surface area contributed by atoms with E-state index in [2.05, 4.69) is 20.9 Å². The first-order valence-corrected chi connectivity index (χ1v) is 12.4. The highest BCUT2D eigenvalue weighted by atomic mass is 32.1. The van der Waals surface area contributed by atoms with E-state index < -0.39 is 29.5 Å². The fourth-order valence-corrected chi connectivity index (χ4v) is 4.39. The van der Waals surface area contributed by atoms with E-state index in [1.165, 1.54) is 18.3 Å². The number of hydrogen-bond donors (Lipinski definition) is 2. The van der Waals surface area contributed by atoms with E-state index in [4.69, 9.17) is 14.0 Å². The first-order chi connectivity index (χ1) is 18.0. The maximum Gasteiger partial charge on any atom is 0.436 e. The predicted molar refractivity (Wildman–Crippen MR) is 139 cm³/mol. The number of nitrogens with one attached hydrogen (secondary N) is 2. The molecule has 0 bridgehead atoms. The summed E-state index contributed by atoms with van der Waals surface area (Å²) < 4.78 is 16.4. The molecule has 0 saturated heterocycles. The highest BCUT2D eigenvalue weighted by Crippen LogP contribution is 2.33. The SMILES string of the molecule is CCOC(=O)n1nc(NC(=O)c2ccccc2NC(=O)c2cnoc2C)c2cc(C(=O)OC(C)(C)C)sc21. The molecule has 12 nitrogen and oxygen atoms in total. The van der Waals surface area contributed by atoms with E-state index in [1.807, 2.05) is 0 Å². The normalized spacial score (nSPS) is 11.3. The fourth-order valence-electron chi connectivity index (χ4n) is 3.41. The fraction of sp³-hybridized carbons (Fsp3) is 0.280. The Labute approximate surface area is 220 Å². The second kappa shape index (κ2) is 10.5. The molecule has 0 unspecified atom stereocenters. The molecule has 4 rings (SSSR count). The summed E-state index contributed by atoms with van der Waals surface area (Å²) in [4.78, 5) is 51.7. The number of carbonyl (C=O) groups is 4. The van der Waals surface area contributed by atoms with Crippen LogP contribution in [-0.4, -0.2) is 51.0 Å². The van der Waals surface area contributed by atoms with Crippen LogP contribution in [0.5, 0.6) is 0 Å². The first-order valence-electron chi connectivity index (χ1n) is 11.5. The third kappa shape index (κ3) is 5.57. The van der Waals surface area contributed by atoms with Gasteiger partial charge in [-0.2, -0.15) is 4.68 Å². The van der Waals surface area contributed by atoms with Crippen molar-refractivity contribution in [3.63, 3.8) is 0 Å². The molecule has 1 aromatic carbocycles. The van der Waals surface area contributed by atoms with Crippen LogP contribution >= 0.6 is 11.3 Å². The van der Waals surface area contributed by atoms with Crippen molar-refractivity contribution in [2.45, 2.75) is 40.2 Å². The average Bonchev–Trinajstić information content (AvgIpc) is 3.54. The van der Waals surface area contributed by atoms with Gasteiger partial charge in [-0.05, 0) is 52.8 Å². The molecular formula is C25H25N5O7S. The number of ether oxygens (including phenoxy) is 2. The predicted octanol–water partition coefficient (Wildman–Crippen LogP) is 4.86. The monoisotopic (exact) mass is 539 g/mol. The summed E-state index contributed by atoms with van der Waals surface area (Å²) in [5.74, 6) is -1.33. The molecule has 0 spiro atoms. The maximum atomic E-state index is 13.3. The molecule has 0 aliphatic rings. The van der Waals surface area contributed by atoms with Gasteiger partial charge in [-0.25, -0.2) is 9.59 Å². The highest BCUT2D eigenvalue weighted by molar-refractivity contribution is 7.20. The lowest BCUT2D eigenvalue weighted by Gasteiger charge is -2.18. The van der Waals surface area contributed by atoms with Crippen molar-refractivity contribution in [3.8, 4) is 0 Å². The molecule has 4 aromatic rings. The minimum atomic E-state index is -0.771. The number of aryl methyl sites for hydroxylation is 1. The van der Waals surface area contributed by atoms with Crippen LogP contribution in [0.1, 0.15) is 63.8 Å². The molecule has 0 fully saturated rings. The van der Waals surface area contributed by atoms with Crippen molar-refractivity contribution >= 4 is 56.9 Å². The number of thiophene rings is 1. The quantitative estimate of drug-likeness (QED) is 0.327. The van der Waals surface area contributed by atoms with E-state index >= 15 is 0 Å². The number of amides is 2. The molecule has 0 saturated carbocycles. The molecule has 0 aliphatic carbocycles. The lowest BCUT2D eigenvalue weighted by molar-refractivity contribution is 0.00750. The van der Waals surface area contributed by atoms with Crippen LogP contribution in [0.3, 0.4) is 0 Å². The van der Waals surface area contributed by atoms with E-state index in [9.17, 15) is 19.2 Å². The summed E-state index contributed by atoms with van der Waals surface area (Å²) in [5, 5.41) is 13.5. The van der Waals surface area contributed by atoms with E-state index in [0.29, 0.717) is 16.0 Å². The van der Waals surface area contributed by atoms with Crippen molar-refractivity contribution in [2.24, 2.45) is 0 Å². The standard InChI is InChI=1S/C25H25N5O7S/c1-6-35-24(34)30-22-15(11-18(38-22)23(33)36-25(3,4)5)19(29-30)28-20(31)14-9-7-8-10-17(14)27-21(32)16-12-26-37-13(16)2/h7-12H,6H2,1-5H3,(H,27,32)(H,28,29,31). The van der Waals surface area contributed by atoms with Gasteiger partial charge in [0.1, 0.15) is 26.6 Å². The molecule has 2 amide bonds. The number of rotatable bonds is 6. The molecule has 3 aromatic heterocycles. The number of aromatic nitrogens is 3. The summed E-state index contributed by atoms with van der Waals surface area (Å²) in [6.07, 6.45) is 0.512. The Morgan fingerprint density at radius 2 is 1.79 bits per heavy atom. The second-order valence-electron chi connectivity index (χ2n) is 9.04. The van der Waals surface area contributed by atoms with Gasteiger partial charge in [0, 0.05) is 0 Å². The lowest BCUT2D eigenvalue weighted by Crippen LogP contribution is -2.23. The summed E-state index contributed by atoms with van der Waals surface area (Å²) in [7, 11) is 0. The van der Waals surface area contributed by atoms with Gasteiger partial charge in [-0.15, -0.1) is 16.4 Å². The van der Waals surface area contributed by atoms with Gasteiger partial charge >= 0.3 is 12.1 Å². The minimum absolute atomic E-state index is 0.0279. The summed E-state index contributed by atoms with van der Waals surface area (Å²) in [6.45, 7) is 8.57. The topological polar surface area (TPSA) is 155 Å². The van der Waals surface area contributed by atoms with Gasteiger partial charge in [0.25, 0.3) is 11.8 Å². The number of fused-ring (bicyclic) bond motifs is 1. The largest absolute Gasteiger partial charge is 0.456 e. The maximum absolute atomic E-state index is 13.3. The smallest absolute Gasteiger partial charge is 0.436 e. The van der Waals surface area contributed by atoms with Crippen LogP contribution in [0.25, 0.3) is 10.2 Å². The molecule has 198 valence electrons. The van der Waals surface area contributed by atoms with Gasteiger partial charge in [-0.1, -0.05) is 17.3 Å². The van der Waals surface area contributed by atoms with Crippen LogP contribution in [0.4, 0.5) is 16.3 Å². The van der Waals surface area contributed by atoms with Gasteiger partial charge in [0.2, 0.25) is 0 Å². The van der Waals surface area contributed by atoms with Crippen molar-refractivity contribution in [1.82, 2.24) is 14.9 Å². The summed E-state index contributed by atoms with van der Waals surface area (Å²) in [6, 6.07) is 7.87. The molecule has 3 heterocycles. The Balaban J connectivity index is 1.67. The molecule has 2 N–H and O–H groups in total. The van der Waals surface area contributed by atoms with Crippen LogP contribution in [0.2, 0.25) is 0 Å². The number of hydrogen-bond acceptors (Lipinski definition) is 10. The number of para-hydroxylation sites is 1. The molecule has 13 heteroatoms. The molecule has 0 atom stereocenters.